The van der Waals surface area contributed by atoms with Crippen molar-refractivity contribution in [2.24, 2.45) is 0 Å². The molecule has 7 rings (SSSR count). The van der Waals surface area contributed by atoms with E-state index < -0.39 is 15.8 Å². The molecule has 1 aliphatic carbocycles. The summed E-state index contributed by atoms with van der Waals surface area (Å²) in [4.78, 5) is 0. The van der Waals surface area contributed by atoms with Crippen molar-refractivity contribution in [1.29, 1.82) is 0 Å². The van der Waals surface area contributed by atoms with Crippen LogP contribution in [-0.4, -0.2) is 7.11 Å². The number of ether oxygens (including phenoxy) is 1. The minimum Gasteiger partial charge on any atom is -0.372 e. The molecule has 6 aromatic carbocycles. The molecule has 0 fully saturated rings. The maximum Gasteiger partial charge on any atom is 0.105 e. The van der Waals surface area contributed by atoms with E-state index in [9.17, 15) is 0 Å². The first kappa shape index (κ1) is 28.6. The highest BCUT2D eigenvalue weighted by Crippen LogP contribution is 2.52. The number of methoxy groups -OCH3 is 1. The molecule has 0 amide bonds. The average Bonchev–Trinajstić information content (AvgIpc) is 3.56. The van der Waals surface area contributed by atoms with Crippen molar-refractivity contribution >= 4 is 53.1 Å². The summed E-state index contributed by atoms with van der Waals surface area (Å²) < 4.78 is 6.55. The summed E-state index contributed by atoms with van der Waals surface area (Å²) in [5, 5.41) is 10.8. The van der Waals surface area contributed by atoms with E-state index in [1.807, 2.05) is 7.11 Å². The quantitative estimate of drug-likeness (QED) is 0.150. The van der Waals surface area contributed by atoms with Crippen LogP contribution in [0.4, 0.5) is 0 Å². The first-order chi connectivity index (χ1) is 21.8. The number of fused-ring (bicyclic) bond motifs is 1. The van der Waals surface area contributed by atoms with Gasteiger partial charge < -0.3 is 4.74 Å². The summed E-state index contributed by atoms with van der Waals surface area (Å²) in [6.07, 6.45) is 5.44. The Balaban J connectivity index is 1.42. The van der Waals surface area contributed by atoms with Crippen LogP contribution in [0.1, 0.15) is 18.1 Å². The molecule has 0 radical (unpaired) electrons. The highest BCUT2D eigenvalue weighted by molar-refractivity contribution is 7.80. The van der Waals surface area contributed by atoms with Crippen LogP contribution >= 0.6 is 15.8 Å². The van der Waals surface area contributed by atoms with Crippen LogP contribution in [0.3, 0.4) is 0 Å². The smallest absolute Gasteiger partial charge is 0.105 e. The molecular formula is C41H34OP2. The van der Waals surface area contributed by atoms with Crippen molar-refractivity contribution in [2.75, 3.05) is 7.11 Å². The third-order valence-corrected chi connectivity index (χ3v) is 13.4. The molecule has 0 heterocycles. The molecular weight excluding hydrogens is 570 g/mol. The lowest BCUT2D eigenvalue weighted by atomic mass is 10.0. The zero-order valence-corrected chi connectivity index (χ0v) is 26.5. The fourth-order valence-corrected chi connectivity index (χ4v) is 11.5. The lowest BCUT2D eigenvalue weighted by Gasteiger charge is -2.29. The minimum absolute atomic E-state index is 0.155. The molecule has 1 aliphatic rings. The number of hydrogen-bond acceptors (Lipinski definition) is 1. The van der Waals surface area contributed by atoms with Crippen LogP contribution in [0.15, 0.2) is 181 Å². The summed E-state index contributed by atoms with van der Waals surface area (Å²) in [7, 11) is 0.283. The SMILES string of the molecule is CO[C@@H](C1=C(P(c2ccccc2)c2cccc3ccccc23)C=CC1)c1ccccc1P(c1ccccc1)c1ccccc1. The fraction of sp³-hybridized carbons (Fsp3) is 0.0732. The minimum atomic E-state index is -0.814. The molecule has 44 heavy (non-hydrogen) atoms. The lowest BCUT2D eigenvalue weighted by molar-refractivity contribution is 0.132. The van der Waals surface area contributed by atoms with Crippen molar-refractivity contribution < 1.29 is 4.74 Å². The Hall–Kier alpha value is -4.12. The van der Waals surface area contributed by atoms with E-state index in [0.29, 0.717) is 0 Å². The van der Waals surface area contributed by atoms with Gasteiger partial charge in [-0.15, -0.1) is 0 Å². The zero-order valence-electron chi connectivity index (χ0n) is 24.8. The van der Waals surface area contributed by atoms with Gasteiger partial charge in [-0.1, -0.05) is 170 Å². The second kappa shape index (κ2) is 13.3. The van der Waals surface area contributed by atoms with Gasteiger partial charge in [-0.2, -0.15) is 0 Å². The van der Waals surface area contributed by atoms with E-state index in [0.717, 1.165) is 6.42 Å². The molecule has 6 aromatic rings. The largest absolute Gasteiger partial charge is 0.372 e. The molecule has 2 atom stereocenters. The standard InChI is InChI=1S/C41H34OP2/c1-42-41(36-26-13-14-28-39(36)43(32-19-5-2-6-20-32)33-21-7-3-8-22-33)37-27-16-30-40(37)44(34-23-9-4-10-24-34)38-29-15-18-31-17-11-12-25-35(31)38/h2-26,28-30,41H,27H2,1H3/t41-,44?/m1/s1. The van der Waals surface area contributed by atoms with E-state index in [1.165, 1.54) is 53.7 Å². The van der Waals surface area contributed by atoms with E-state index in [-0.39, 0.29) is 6.10 Å². The molecule has 0 saturated carbocycles. The van der Waals surface area contributed by atoms with Gasteiger partial charge in [-0.3, -0.25) is 0 Å². The summed E-state index contributed by atoms with van der Waals surface area (Å²) in [5.74, 6) is 0. The van der Waals surface area contributed by atoms with Gasteiger partial charge in [0.25, 0.3) is 0 Å². The fourth-order valence-electron chi connectivity index (χ4n) is 6.31. The van der Waals surface area contributed by atoms with Crippen LogP contribution < -0.4 is 26.5 Å². The van der Waals surface area contributed by atoms with E-state index in [1.54, 1.807) is 0 Å². The van der Waals surface area contributed by atoms with E-state index >= 15 is 0 Å². The van der Waals surface area contributed by atoms with Gasteiger partial charge >= 0.3 is 0 Å². The number of hydrogen-bond donors (Lipinski definition) is 0. The van der Waals surface area contributed by atoms with Crippen LogP contribution in [0, 0.1) is 0 Å². The summed E-state index contributed by atoms with van der Waals surface area (Å²) in [5.41, 5.74) is 2.62. The van der Waals surface area contributed by atoms with Crippen LogP contribution in [0.5, 0.6) is 0 Å². The number of benzene rings is 6. The predicted molar refractivity (Wildman–Crippen MR) is 192 cm³/mol. The molecule has 0 aliphatic heterocycles. The Morgan fingerprint density at radius 1 is 0.523 bits per heavy atom. The second-order valence-electron chi connectivity index (χ2n) is 10.9. The average molecular weight is 605 g/mol. The molecule has 3 heteroatoms. The molecule has 0 N–H and O–H groups in total. The molecule has 0 saturated heterocycles. The van der Waals surface area contributed by atoms with Gasteiger partial charge in [0.2, 0.25) is 0 Å². The summed E-state index contributed by atoms with van der Waals surface area (Å²) in [6, 6.07) is 57.5. The van der Waals surface area contributed by atoms with Gasteiger partial charge in [0.1, 0.15) is 6.10 Å². The number of allylic oxidation sites excluding steroid dienone is 3. The predicted octanol–water partition coefficient (Wildman–Crippen LogP) is 8.63. The highest BCUT2D eigenvalue weighted by Gasteiger charge is 2.31. The molecule has 0 spiro atoms. The van der Waals surface area contributed by atoms with Crippen molar-refractivity contribution in [3.05, 3.63) is 186 Å². The Morgan fingerprint density at radius 2 is 1.05 bits per heavy atom. The van der Waals surface area contributed by atoms with Crippen LogP contribution in [-0.2, 0) is 4.74 Å². The first-order valence-electron chi connectivity index (χ1n) is 15.1. The first-order valence-corrected chi connectivity index (χ1v) is 17.8. The monoisotopic (exact) mass is 604 g/mol. The van der Waals surface area contributed by atoms with Crippen LogP contribution in [0.2, 0.25) is 0 Å². The van der Waals surface area contributed by atoms with Gasteiger partial charge in [0.05, 0.1) is 0 Å². The van der Waals surface area contributed by atoms with Gasteiger partial charge in [-0.05, 0) is 76.0 Å². The normalized spacial score (nSPS) is 14.3. The van der Waals surface area contributed by atoms with Crippen molar-refractivity contribution in [3.8, 4) is 0 Å². The third-order valence-electron chi connectivity index (χ3n) is 8.25. The maximum atomic E-state index is 6.55. The maximum absolute atomic E-state index is 6.55. The summed E-state index contributed by atoms with van der Waals surface area (Å²) in [6.45, 7) is 0. The second-order valence-corrected chi connectivity index (χ2v) is 15.2. The Labute approximate surface area is 263 Å². The van der Waals surface area contributed by atoms with Crippen molar-refractivity contribution in [1.82, 2.24) is 0 Å². The lowest BCUT2D eigenvalue weighted by Crippen LogP contribution is -2.25. The third kappa shape index (κ3) is 5.60. The van der Waals surface area contributed by atoms with E-state index in [2.05, 4.69) is 170 Å². The van der Waals surface area contributed by atoms with Crippen molar-refractivity contribution in [2.45, 2.75) is 12.5 Å². The zero-order chi connectivity index (χ0) is 29.7. The Kier molecular flexibility index (Phi) is 8.63. The van der Waals surface area contributed by atoms with Gasteiger partial charge in [0, 0.05) is 7.11 Å². The number of rotatable bonds is 9. The highest BCUT2D eigenvalue weighted by atomic mass is 31.1. The molecule has 1 unspecified atom stereocenters. The molecule has 1 nitrogen and oxygen atoms in total. The topological polar surface area (TPSA) is 9.23 Å². The van der Waals surface area contributed by atoms with Gasteiger partial charge in [-0.25, -0.2) is 0 Å². The van der Waals surface area contributed by atoms with Crippen molar-refractivity contribution in [3.63, 3.8) is 0 Å². The Morgan fingerprint density at radius 3 is 1.70 bits per heavy atom. The van der Waals surface area contributed by atoms with Gasteiger partial charge in [0.15, 0.2) is 0 Å². The summed E-state index contributed by atoms with van der Waals surface area (Å²) >= 11 is 0. The Bertz CT molecular complexity index is 1890. The molecule has 0 aromatic heterocycles. The molecule has 214 valence electrons. The van der Waals surface area contributed by atoms with Crippen LogP contribution in [0.25, 0.3) is 10.8 Å². The molecule has 0 bridgehead atoms. The van der Waals surface area contributed by atoms with E-state index in [4.69, 9.17) is 4.74 Å².